The van der Waals surface area contributed by atoms with Crippen LogP contribution >= 0.6 is 0 Å². The molecule has 100 valence electrons. The summed E-state index contributed by atoms with van der Waals surface area (Å²) >= 11 is 0. The molecule has 0 aromatic carbocycles. The number of aliphatic hydroxyl groups is 2. The molecular formula is C9H18N2O6. The van der Waals surface area contributed by atoms with E-state index in [1.165, 1.54) is 0 Å². The Labute approximate surface area is 98.0 Å². The Hall–Kier alpha value is -1.22. The Kier molecular flexibility index (Phi) is 7.39. The van der Waals surface area contributed by atoms with Crippen LogP contribution in [0.5, 0.6) is 0 Å². The fourth-order valence-electron chi connectivity index (χ4n) is 1.17. The lowest BCUT2D eigenvalue weighted by Crippen LogP contribution is -2.30. The molecule has 17 heavy (non-hydrogen) atoms. The van der Waals surface area contributed by atoms with Crippen LogP contribution in [0.1, 0.15) is 12.8 Å². The van der Waals surface area contributed by atoms with Crippen molar-refractivity contribution in [3.8, 4) is 0 Å². The maximum absolute atomic E-state index is 10.2. The lowest BCUT2D eigenvalue weighted by atomic mass is 10.2. The molecule has 8 heteroatoms. The number of rotatable bonds is 4. The van der Waals surface area contributed by atoms with Crippen molar-refractivity contribution in [3.63, 3.8) is 0 Å². The molecule has 0 aromatic rings. The number of carboxylic acids is 2. The molecule has 0 bridgehead atoms. The van der Waals surface area contributed by atoms with Crippen LogP contribution in [-0.4, -0.2) is 63.7 Å². The van der Waals surface area contributed by atoms with E-state index in [-0.39, 0.29) is 13.0 Å². The fourth-order valence-corrected chi connectivity index (χ4v) is 1.17. The Balaban J connectivity index is 0.000000304. The van der Waals surface area contributed by atoms with Gasteiger partial charge in [0, 0.05) is 19.6 Å². The van der Waals surface area contributed by atoms with Gasteiger partial charge in [-0.1, -0.05) is 0 Å². The first-order chi connectivity index (χ1) is 7.88. The van der Waals surface area contributed by atoms with Crippen LogP contribution in [0.15, 0.2) is 0 Å². The average Bonchev–Trinajstić information content (AvgIpc) is 2.66. The maximum atomic E-state index is 10.2. The SMILES string of the molecule is N[C@@H](CCO)C(=O)O.O=C(O)[C@@H]1C[C@@H](O)CN1. The molecule has 0 aromatic heterocycles. The topological polar surface area (TPSA) is 153 Å². The summed E-state index contributed by atoms with van der Waals surface area (Å²) in [4.78, 5) is 20.0. The summed E-state index contributed by atoms with van der Waals surface area (Å²) in [5.41, 5.74) is 4.97. The van der Waals surface area contributed by atoms with E-state index in [4.69, 9.17) is 26.2 Å². The lowest BCUT2D eigenvalue weighted by molar-refractivity contribution is -0.140. The zero-order chi connectivity index (χ0) is 13.4. The molecule has 1 heterocycles. The van der Waals surface area contributed by atoms with E-state index in [0.717, 1.165) is 0 Å². The molecule has 1 aliphatic rings. The van der Waals surface area contributed by atoms with Crippen molar-refractivity contribution in [2.75, 3.05) is 13.2 Å². The molecule has 0 spiro atoms. The maximum Gasteiger partial charge on any atom is 0.320 e. The fraction of sp³-hybridized carbons (Fsp3) is 0.778. The predicted molar refractivity (Wildman–Crippen MR) is 57.4 cm³/mol. The van der Waals surface area contributed by atoms with Gasteiger partial charge >= 0.3 is 11.9 Å². The van der Waals surface area contributed by atoms with Gasteiger partial charge in [0.25, 0.3) is 0 Å². The Morgan fingerprint density at radius 2 is 2.00 bits per heavy atom. The first-order valence-electron chi connectivity index (χ1n) is 5.12. The van der Waals surface area contributed by atoms with Crippen LogP contribution in [0.3, 0.4) is 0 Å². The highest BCUT2D eigenvalue weighted by Crippen LogP contribution is 2.05. The van der Waals surface area contributed by atoms with Gasteiger partial charge in [-0.2, -0.15) is 0 Å². The Morgan fingerprint density at radius 3 is 2.18 bits per heavy atom. The van der Waals surface area contributed by atoms with Crippen molar-refractivity contribution >= 4 is 11.9 Å². The van der Waals surface area contributed by atoms with Crippen LogP contribution in [0.25, 0.3) is 0 Å². The predicted octanol–water partition coefficient (Wildman–Crippen LogP) is -2.43. The Bertz CT molecular complexity index is 260. The molecule has 3 atom stereocenters. The van der Waals surface area contributed by atoms with Gasteiger partial charge in [-0.25, -0.2) is 0 Å². The molecule has 1 aliphatic heterocycles. The molecular weight excluding hydrogens is 232 g/mol. The highest BCUT2D eigenvalue weighted by Gasteiger charge is 2.27. The quantitative estimate of drug-likeness (QED) is 0.322. The first kappa shape index (κ1) is 15.8. The standard InChI is InChI=1S/C5H9NO3.C4H9NO3/c7-3-1-4(5(8)9)6-2-3;5-3(1-2-6)4(7)8/h3-4,6-7H,1-2H2,(H,8,9);3,6H,1-2,5H2,(H,7,8)/t3-,4+;3-/m10/s1. The summed E-state index contributed by atoms with van der Waals surface area (Å²) in [5.74, 6) is -1.95. The average molecular weight is 250 g/mol. The number of aliphatic carboxylic acids is 2. The number of nitrogens with two attached hydrogens (primary N) is 1. The molecule has 0 unspecified atom stereocenters. The summed E-state index contributed by atoms with van der Waals surface area (Å²) in [5, 5.41) is 36.1. The van der Waals surface area contributed by atoms with E-state index in [1.807, 2.05) is 0 Å². The minimum absolute atomic E-state index is 0.120. The summed E-state index contributed by atoms with van der Waals surface area (Å²) < 4.78 is 0. The van der Waals surface area contributed by atoms with Gasteiger partial charge in [-0.05, 0) is 6.42 Å². The lowest BCUT2D eigenvalue weighted by Gasteiger charge is -2.00. The second-order valence-electron chi connectivity index (χ2n) is 3.65. The minimum Gasteiger partial charge on any atom is -0.480 e. The number of carboxylic acid groups (broad SMARTS) is 2. The molecule has 0 saturated carbocycles. The summed E-state index contributed by atoms with van der Waals surface area (Å²) in [7, 11) is 0. The summed E-state index contributed by atoms with van der Waals surface area (Å²) in [6.45, 7) is 0.227. The summed E-state index contributed by atoms with van der Waals surface area (Å²) in [6.07, 6.45) is -0.0314. The first-order valence-corrected chi connectivity index (χ1v) is 5.12. The molecule has 0 aliphatic carbocycles. The van der Waals surface area contributed by atoms with Crippen molar-refractivity contribution in [2.24, 2.45) is 5.73 Å². The molecule has 8 nitrogen and oxygen atoms in total. The van der Waals surface area contributed by atoms with Gasteiger partial charge in [0.2, 0.25) is 0 Å². The monoisotopic (exact) mass is 250 g/mol. The van der Waals surface area contributed by atoms with E-state index in [0.29, 0.717) is 13.0 Å². The van der Waals surface area contributed by atoms with Gasteiger partial charge in [0.05, 0.1) is 6.10 Å². The van der Waals surface area contributed by atoms with Crippen molar-refractivity contribution in [1.82, 2.24) is 5.32 Å². The highest BCUT2D eigenvalue weighted by molar-refractivity contribution is 5.74. The third kappa shape index (κ3) is 6.84. The van der Waals surface area contributed by atoms with Crippen LogP contribution in [0.4, 0.5) is 0 Å². The van der Waals surface area contributed by atoms with Crippen molar-refractivity contribution in [2.45, 2.75) is 31.0 Å². The van der Waals surface area contributed by atoms with Gasteiger partial charge in [0.1, 0.15) is 12.1 Å². The van der Waals surface area contributed by atoms with Gasteiger partial charge in [-0.15, -0.1) is 0 Å². The number of β-amino-alcohol motifs (C(OH)–C–C–N with tert-alkyl or cyclic N) is 1. The molecule has 1 rings (SSSR count). The van der Waals surface area contributed by atoms with Crippen LogP contribution in [-0.2, 0) is 9.59 Å². The zero-order valence-corrected chi connectivity index (χ0v) is 9.24. The van der Waals surface area contributed by atoms with Crippen LogP contribution in [0.2, 0.25) is 0 Å². The summed E-state index contributed by atoms with van der Waals surface area (Å²) in [6, 6.07) is -1.46. The molecule has 0 radical (unpaired) electrons. The molecule has 0 amide bonds. The van der Waals surface area contributed by atoms with Gasteiger partial charge < -0.3 is 31.5 Å². The number of carbonyl (C=O) groups is 2. The number of hydrogen-bond acceptors (Lipinski definition) is 6. The van der Waals surface area contributed by atoms with Crippen LogP contribution in [0, 0.1) is 0 Å². The van der Waals surface area contributed by atoms with Crippen molar-refractivity contribution < 1.29 is 30.0 Å². The normalized spacial score (nSPS) is 24.6. The second kappa shape index (κ2) is 7.96. The molecule has 1 saturated heterocycles. The third-order valence-corrected chi connectivity index (χ3v) is 2.16. The molecule has 1 fully saturated rings. The molecule has 7 N–H and O–H groups in total. The van der Waals surface area contributed by atoms with E-state index in [1.54, 1.807) is 0 Å². The Morgan fingerprint density at radius 1 is 1.41 bits per heavy atom. The van der Waals surface area contributed by atoms with Crippen molar-refractivity contribution in [1.29, 1.82) is 0 Å². The smallest absolute Gasteiger partial charge is 0.320 e. The zero-order valence-electron chi connectivity index (χ0n) is 9.24. The van der Waals surface area contributed by atoms with E-state index < -0.39 is 30.1 Å². The van der Waals surface area contributed by atoms with Crippen LogP contribution < -0.4 is 11.1 Å². The number of aliphatic hydroxyl groups excluding tert-OH is 2. The van der Waals surface area contributed by atoms with Gasteiger partial charge in [0.15, 0.2) is 0 Å². The van der Waals surface area contributed by atoms with Gasteiger partial charge in [-0.3, -0.25) is 9.59 Å². The van der Waals surface area contributed by atoms with Crippen molar-refractivity contribution in [3.05, 3.63) is 0 Å². The number of hydrogen-bond donors (Lipinski definition) is 6. The van der Waals surface area contributed by atoms with E-state index in [2.05, 4.69) is 5.32 Å². The largest absolute Gasteiger partial charge is 0.480 e. The third-order valence-electron chi connectivity index (χ3n) is 2.16. The van der Waals surface area contributed by atoms with E-state index in [9.17, 15) is 9.59 Å². The highest BCUT2D eigenvalue weighted by atomic mass is 16.4. The van der Waals surface area contributed by atoms with E-state index >= 15 is 0 Å². The number of nitrogens with one attached hydrogen (secondary N) is 1. The minimum atomic E-state index is -1.07. The second-order valence-corrected chi connectivity index (χ2v) is 3.65.